The Hall–Kier alpha value is -1.97. The molecule has 2 heterocycles. The molecule has 4 rings (SSSR count). The van der Waals surface area contributed by atoms with Crippen LogP contribution in [0.15, 0.2) is 24.3 Å². The fourth-order valence-electron chi connectivity index (χ4n) is 3.52. The van der Waals surface area contributed by atoms with Gasteiger partial charge in [0, 0.05) is 23.9 Å². The maximum absolute atomic E-state index is 12.1. The van der Waals surface area contributed by atoms with Crippen molar-refractivity contribution in [1.82, 2.24) is 4.57 Å². The molecule has 1 fully saturated rings. The summed E-state index contributed by atoms with van der Waals surface area (Å²) < 4.78 is 7.83. The van der Waals surface area contributed by atoms with E-state index in [-0.39, 0.29) is 5.97 Å². The van der Waals surface area contributed by atoms with Crippen LogP contribution in [0.1, 0.15) is 42.6 Å². The highest BCUT2D eigenvalue weighted by Gasteiger charge is 2.46. The Kier molecular flexibility index (Phi) is 2.03. The van der Waals surface area contributed by atoms with Gasteiger partial charge in [-0.15, -0.1) is 0 Å². The minimum Gasteiger partial charge on any atom is -0.434 e. The lowest BCUT2D eigenvalue weighted by molar-refractivity contribution is -0.0653. The molecule has 0 atom stereocenters. The van der Waals surface area contributed by atoms with E-state index in [0.717, 1.165) is 42.3 Å². The highest BCUT2D eigenvalue weighted by atomic mass is 16.6. The summed E-state index contributed by atoms with van der Waals surface area (Å²) in [5.74, 6) is -0.198. The average molecular weight is 256 g/mol. The second kappa shape index (κ2) is 3.53. The van der Waals surface area contributed by atoms with Crippen LogP contribution in [0.4, 0.5) is 5.69 Å². The zero-order valence-corrected chi connectivity index (χ0v) is 10.7. The molecule has 0 radical (unpaired) electrons. The predicted octanol–water partition coefficient (Wildman–Crippen LogP) is 3.01. The second-order valence-corrected chi connectivity index (χ2v) is 5.58. The maximum Gasteiger partial charge on any atom is 0.357 e. The van der Waals surface area contributed by atoms with Crippen LogP contribution in [0, 0.1) is 0 Å². The van der Waals surface area contributed by atoms with E-state index < -0.39 is 5.72 Å². The molecule has 0 unspecified atom stereocenters. The van der Waals surface area contributed by atoms with Crippen LogP contribution < -0.4 is 5.73 Å². The van der Waals surface area contributed by atoms with Gasteiger partial charge in [-0.3, -0.25) is 4.57 Å². The molecule has 2 aliphatic rings. The largest absolute Gasteiger partial charge is 0.434 e. The van der Waals surface area contributed by atoms with Crippen molar-refractivity contribution in [3.05, 3.63) is 30.0 Å². The number of carbonyl (C=O) groups excluding carboxylic acids is 1. The molecule has 0 saturated heterocycles. The molecule has 4 heteroatoms. The van der Waals surface area contributed by atoms with Crippen molar-refractivity contribution in [2.45, 2.75) is 37.8 Å². The van der Waals surface area contributed by atoms with E-state index in [9.17, 15) is 4.79 Å². The standard InChI is InChI=1S/C15H16N2O2/c16-11-4-5-12-10(8-11)9-13-14(18)19-15(17(12)13)6-2-1-3-7-15/h4-5,8-9H,1-3,6-7,16H2. The van der Waals surface area contributed by atoms with Gasteiger partial charge in [0.15, 0.2) is 5.72 Å². The summed E-state index contributed by atoms with van der Waals surface area (Å²) in [6, 6.07) is 7.70. The average Bonchev–Trinajstić information content (AvgIpc) is 2.88. The molecule has 2 N–H and O–H groups in total. The molecule has 4 nitrogen and oxygen atoms in total. The van der Waals surface area contributed by atoms with Gasteiger partial charge in [0.25, 0.3) is 0 Å². The van der Waals surface area contributed by atoms with Gasteiger partial charge in [-0.1, -0.05) is 6.42 Å². The van der Waals surface area contributed by atoms with Gasteiger partial charge >= 0.3 is 5.97 Å². The van der Waals surface area contributed by atoms with Crippen LogP contribution in [0.25, 0.3) is 10.9 Å². The third kappa shape index (κ3) is 1.37. The molecule has 1 spiro atoms. The topological polar surface area (TPSA) is 57.2 Å². The molecule has 0 amide bonds. The molecule has 1 saturated carbocycles. The fourth-order valence-corrected chi connectivity index (χ4v) is 3.52. The smallest absolute Gasteiger partial charge is 0.357 e. The number of nitrogen functional groups attached to an aromatic ring is 1. The number of aromatic nitrogens is 1. The summed E-state index contributed by atoms with van der Waals surface area (Å²) in [4.78, 5) is 12.1. The van der Waals surface area contributed by atoms with Gasteiger partial charge < -0.3 is 10.5 Å². The Morgan fingerprint density at radius 3 is 2.74 bits per heavy atom. The lowest BCUT2D eigenvalue weighted by Gasteiger charge is -2.34. The number of hydrogen-bond acceptors (Lipinski definition) is 3. The number of ether oxygens (including phenoxy) is 1. The van der Waals surface area contributed by atoms with Crippen LogP contribution in [0.5, 0.6) is 0 Å². The first-order valence-electron chi connectivity index (χ1n) is 6.84. The molecule has 1 aromatic heterocycles. The van der Waals surface area contributed by atoms with Crippen molar-refractivity contribution >= 4 is 22.6 Å². The summed E-state index contributed by atoms with van der Waals surface area (Å²) in [5, 5.41) is 1.02. The highest BCUT2D eigenvalue weighted by Crippen LogP contribution is 2.44. The van der Waals surface area contributed by atoms with Crippen molar-refractivity contribution in [2.75, 3.05) is 5.73 Å². The summed E-state index contributed by atoms with van der Waals surface area (Å²) in [5.41, 5.74) is 7.83. The molecule has 0 bridgehead atoms. The Bertz CT molecular complexity index is 681. The molecular formula is C15H16N2O2. The number of fused-ring (bicyclic) bond motifs is 4. The van der Waals surface area contributed by atoms with E-state index >= 15 is 0 Å². The number of hydrogen-bond donors (Lipinski definition) is 1. The summed E-state index contributed by atoms with van der Waals surface area (Å²) in [6.45, 7) is 0. The zero-order valence-electron chi connectivity index (χ0n) is 10.7. The first kappa shape index (κ1) is 10.9. The van der Waals surface area contributed by atoms with Crippen molar-refractivity contribution in [2.24, 2.45) is 0 Å². The third-order valence-corrected chi connectivity index (χ3v) is 4.36. The lowest BCUT2D eigenvalue weighted by Crippen LogP contribution is -2.34. The Morgan fingerprint density at radius 1 is 1.16 bits per heavy atom. The van der Waals surface area contributed by atoms with E-state index in [2.05, 4.69) is 4.57 Å². The van der Waals surface area contributed by atoms with Crippen molar-refractivity contribution in [3.8, 4) is 0 Å². The summed E-state index contributed by atoms with van der Waals surface area (Å²) in [7, 11) is 0. The molecule has 2 aromatic rings. The van der Waals surface area contributed by atoms with Gasteiger partial charge in [0.1, 0.15) is 5.69 Å². The quantitative estimate of drug-likeness (QED) is 0.582. The van der Waals surface area contributed by atoms with Crippen LogP contribution in [-0.2, 0) is 10.5 Å². The van der Waals surface area contributed by atoms with Gasteiger partial charge in [0.05, 0.1) is 5.52 Å². The number of esters is 1. The van der Waals surface area contributed by atoms with Gasteiger partial charge in [-0.05, 0) is 37.1 Å². The Morgan fingerprint density at radius 2 is 1.95 bits per heavy atom. The van der Waals surface area contributed by atoms with Gasteiger partial charge in [0.2, 0.25) is 0 Å². The first-order chi connectivity index (χ1) is 9.20. The summed E-state index contributed by atoms with van der Waals surface area (Å²) >= 11 is 0. The highest BCUT2D eigenvalue weighted by molar-refractivity contribution is 5.98. The molecule has 98 valence electrons. The minimum absolute atomic E-state index is 0.198. The normalized spacial score (nSPS) is 20.7. The Labute approximate surface area is 111 Å². The van der Waals surface area contributed by atoms with E-state index in [4.69, 9.17) is 10.5 Å². The number of benzene rings is 1. The monoisotopic (exact) mass is 256 g/mol. The van der Waals surface area contributed by atoms with Crippen LogP contribution in [0.2, 0.25) is 0 Å². The van der Waals surface area contributed by atoms with Crippen molar-refractivity contribution in [1.29, 1.82) is 0 Å². The molecule has 1 aliphatic carbocycles. The number of carbonyl (C=O) groups is 1. The predicted molar refractivity (Wildman–Crippen MR) is 72.8 cm³/mol. The van der Waals surface area contributed by atoms with Crippen LogP contribution in [0.3, 0.4) is 0 Å². The van der Waals surface area contributed by atoms with Gasteiger partial charge in [-0.25, -0.2) is 4.79 Å². The van der Waals surface area contributed by atoms with E-state index in [0.29, 0.717) is 5.69 Å². The van der Waals surface area contributed by atoms with E-state index in [1.165, 1.54) is 6.42 Å². The summed E-state index contributed by atoms with van der Waals surface area (Å²) in [6.07, 6.45) is 5.28. The first-order valence-corrected chi connectivity index (χ1v) is 6.84. The third-order valence-electron chi connectivity index (χ3n) is 4.36. The molecule has 1 aromatic carbocycles. The number of anilines is 1. The van der Waals surface area contributed by atoms with Crippen LogP contribution in [-0.4, -0.2) is 10.5 Å². The lowest BCUT2D eigenvalue weighted by atomic mass is 9.91. The second-order valence-electron chi connectivity index (χ2n) is 5.58. The van der Waals surface area contributed by atoms with Gasteiger partial charge in [-0.2, -0.15) is 0 Å². The Balaban J connectivity index is 1.99. The van der Waals surface area contributed by atoms with E-state index in [1.807, 2.05) is 24.3 Å². The molecule has 1 aliphatic heterocycles. The fraction of sp³-hybridized carbons (Fsp3) is 0.400. The minimum atomic E-state index is -0.442. The number of nitrogens with zero attached hydrogens (tertiary/aromatic N) is 1. The number of nitrogens with two attached hydrogens (primary N) is 1. The zero-order chi connectivity index (χ0) is 13.0. The van der Waals surface area contributed by atoms with Crippen LogP contribution >= 0.6 is 0 Å². The van der Waals surface area contributed by atoms with Crippen molar-refractivity contribution < 1.29 is 9.53 Å². The maximum atomic E-state index is 12.1. The van der Waals surface area contributed by atoms with E-state index in [1.54, 1.807) is 0 Å². The van der Waals surface area contributed by atoms with Crippen molar-refractivity contribution in [3.63, 3.8) is 0 Å². The number of rotatable bonds is 0. The SMILES string of the molecule is Nc1ccc2c(c1)cc1n2C2(CCCCC2)OC1=O. The molecule has 19 heavy (non-hydrogen) atoms. The molecular weight excluding hydrogens is 240 g/mol.